The second-order valence-electron chi connectivity index (χ2n) is 5.26. The van der Waals surface area contributed by atoms with Crippen LogP contribution in [0.15, 0.2) is 24.3 Å². The van der Waals surface area contributed by atoms with Gasteiger partial charge in [0.2, 0.25) is 0 Å². The number of phenolic OH excluding ortho intramolecular Hbond substituents is 2. The first-order valence-electron chi connectivity index (χ1n) is 6.72. The third-order valence-electron chi connectivity index (χ3n) is 3.47. The average Bonchev–Trinajstić information content (AvgIpc) is 2.67. The standard InChI is InChI=1S/C16H21NO2S/c1-9-5-16(12(4)20-9)11(3)17-10(2)13-6-14(18)8-15(19)7-13/h5-8,10-11,17-19H,1-4H3. The minimum Gasteiger partial charge on any atom is -0.508 e. The van der Waals surface area contributed by atoms with Gasteiger partial charge in [0.05, 0.1) is 0 Å². The fourth-order valence-electron chi connectivity index (χ4n) is 2.51. The van der Waals surface area contributed by atoms with Gasteiger partial charge in [-0.15, -0.1) is 11.3 Å². The van der Waals surface area contributed by atoms with Gasteiger partial charge in [-0.05, 0) is 57.0 Å². The number of phenols is 2. The molecule has 2 rings (SSSR count). The van der Waals surface area contributed by atoms with E-state index in [4.69, 9.17) is 0 Å². The van der Waals surface area contributed by atoms with Gasteiger partial charge in [-0.2, -0.15) is 0 Å². The molecule has 3 N–H and O–H groups in total. The van der Waals surface area contributed by atoms with Crippen molar-refractivity contribution in [1.82, 2.24) is 5.32 Å². The van der Waals surface area contributed by atoms with Crippen LogP contribution >= 0.6 is 11.3 Å². The predicted molar refractivity (Wildman–Crippen MR) is 83.5 cm³/mol. The first-order chi connectivity index (χ1) is 9.36. The summed E-state index contributed by atoms with van der Waals surface area (Å²) in [4.78, 5) is 2.64. The summed E-state index contributed by atoms with van der Waals surface area (Å²) in [5.74, 6) is 0.174. The first kappa shape index (κ1) is 14.9. The molecule has 0 aliphatic heterocycles. The van der Waals surface area contributed by atoms with Gasteiger partial charge in [0.15, 0.2) is 0 Å². The molecule has 0 saturated carbocycles. The van der Waals surface area contributed by atoms with Gasteiger partial charge >= 0.3 is 0 Å². The van der Waals surface area contributed by atoms with Crippen molar-refractivity contribution in [1.29, 1.82) is 0 Å². The predicted octanol–water partition coefficient (Wildman–Crippen LogP) is 4.19. The molecule has 2 unspecified atom stereocenters. The van der Waals surface area contributed by atoms with Crippen LogP contribution in [0.1, 0.15) is 46.8 Å². The van der Waals surface area contributed by atoms with Gasteiger partial charge in [0.1, 0.15) is 11.5 Å². The number of aryl methyl sites for hydroxylation is 2. The molecule has 3 nitrogen and oxygen atoms in total. The molecule has 2 atom stereocenters. The molecular formula is C16H21NO2S. The van der Waals surface area contributed by atoms with Crippen molar-refractivity contribution in [2.24, 2.45) is 0 Å². The number of thiophene rings is 1. The summed E-state index contributed by atoms with van der Waals surface area (Å²) in [6.45, 7) is 8.41. The van der Waals surface area contributed by atoms with E-state index in [0.29, 0.717) is 0 Å². The van der Waals surface area contributed by atoms with E-state index >= 15 is 0 Å². The molecular weight excluding hydrogens is 270 g/mol. The zero-order valence-corrected chi connectivity index (χ0v) is 13.1. The molecule has 108 valence electrons. The van der Waals surface area contributed by atoms with Crippen molar-refractivity contribution in [2.45, 2.75) is 39.8 Å². The van der Waals surface area contributed by atoms with Crippen molar-refractivity contribution >= 4 is 11.3 Å². The molecule has 0 fully saturated rings. The highest BCUT2D eigenvalue weighted by molar-refractivity contribution is 7.12. The summed E-state index contributed by atoms with van der Waals surface area (Å²) in [6, 6.07) is 7.17. The Morgan fingerprint density at radius 1 is 0.950 bits per heavy atom. The number of aromatic hydroxyl groups is 2. The maximum absolute atomic E-state index is 9.56. The van der Waals surface area contributed by atoms with Crippen molar-refractivity contribution in [3.05, 3.63) is 45.1 Å². The molecule has 0 spiro atoms. The summed E-state index contributed by atoms with van der Waals surface area (Å²) < 4.78 is 0. The Hall–Kier alpha value is -1.52. The van der Waals surface area contributed by atoms with E-state index in [1.54, 1.807) is 23.5 Å². The second kappa shape index (κ2) is 5.85. The Morgan fingerprint density at radius 3 is 2.05 bits per heavy atom. The highest BCUT2D eigenvalue weighted by atomic mass is 32.1. The largest absolute Gasteiger partial charge is 0.508 e. The number of nitrogens with one attached hydrogen (secondary N) is 1. The fourth-order valence-corrected chi connectivity index (χ4v) is 3.53. The van der Waals surface area contributed by atoms with Gasteiger partial charge in [0.25, 0.3) is 0 Å². The van der Waals surface area contributed by atoms with Crippen LogP contribution in [0.5, 0.6) is 11.5 Å². The van der Waals surface area contributed by atoms with Gasteiger partial charge in [-0.25, -0.2) is 0 Å². The second-order valence-corrected chi connectivity index (χ2v) is 6.72. The molecule has 4 heteroatoms. The van der Waals surface area contributed by atoms with Gasteiger partial charge in [0, 0.05) is 27.9 Å². The quantitative estimate of drug-likeness (QED) is 0.791. The summed E-state index contributed by atoms with van der Waals surface area (Å²) in [6.07, 6.45) is 0. The zero-order valence-electron chi connectivity index (χ0n) is 12.3. The van der Waals surface area contributed by atoms with Gasteiger partial charge < -0.3 is 15.5 Å². The number of benzene rings is 1. The Balaban J connectivity index is 2.14. The van der Waals surface area contributed by atoms with E-state index in [2.05, 4.69) is 32.2 Å². The third-order valence-corrected chi connectivity index (χ3v) is 4.45. The third kappa shape index (κ3) is 3.32. The first-order valence-corrected chi connectivity index (χ1v) is 7.54. The monoisotopic (exact) mass is 291 g/mol. The fraction of sp³-hybridized carbons (Fsp3) is 0.375. The van der Waals surface area contributed by atoms with E-state index in [1.165, 1.54) is 21.4 Å². The molecule has 0 amide bonds. The van der Waals surface area contributed by atoms with E-state index < -0.39 is 0 Å². The Labute approximate surface area is 123 Å². The minimum absolute atomic E-state index is 0.0441. The van der Waals surface area contributed by atoms with Crippen LogP contribution in [0.25, 0.3) is 0 Å². The zero-order chi connectivity index (χ0) is 14.9. The Kier molecular flexibility index (Phi) is 4.35. The van der Waals surface area contributed by atoms with Gasteiger partial charge in [-0.1, -0.05) is 0 Å². The van der Waals surface area contributed by atoms with Crippen LogP contribution in [0.4, 0.5) is 0 Å². The van der Waals surface area contributed by atoms with E-state index in [-0.39, 0.29) is 23.6 Å². The lowest BCUT2D eigenvalue weighted by Gasteiger charge is -2.21. The SMILES string of the molecule is Cc1cc(C(C)NC(C)c2cc(O)cc(O)c2)c(C)s1. The number of hydrogen-bond acceptors (Lipinski definition) is 4. The number of rotatable bonds is 4. The van der Waals surface area contributed by atoms with E-state index in [1.807, 2.05) is 6.92 Å². The van der Waals surface area contributed by atoms with Crippen LogP contribution in [0.3, 0.4) is 0 Å². The number of hydrogen-bond donors (Lipinski definition) is 3. The maximum Gasteiger partial charge on any atom is 0.119 e. The van der Waals surface area contributed by atoms with Crippen molar-refractivity contribution in [2.75, 3.05) is 0 Å². The highest BCUT2D eigenvalue weighted by Crippen LogP contribution is 2.30. The van der Waals surface area contributed by atoms with Crippen molar-refractivity contribution in [3.8, 4) is 11.5 Å². The molecule has 1 aromatic heterocycles. The Morgan fingerprint density at radius 2 is 1.55 bits per heavy atom. The lowest BCUT2D eigenvalue weighted by atomic mass is 10.0. The van der Waals surface area contributed by atoms with Gasteiger partial charge in [-0.3, -0.25) is 0 Å². The molecule has 20 heavy (non-hydrogen) atoms. The lowest BCUT2D eigenvalue weighted by molar-refractivity contribution is 0.442. The topological polar surface area (TPSA) is 52.5 Å². The summed E-state index contributed by atoms with van der Waals surface area (Å²) >= 11 is 1.81. The Bertz CT molecular complexity index is 586. The average molecular weight is 291 g/mol. The summed E-state index contributed by atoms with van der Waals surface area (Å²) in [5, 5.41) is 22.6. The van der Waals surface area contributed by atoms with Crippen LogP contribution in [0.2, 0.25) is 0 Å². The van der Waals surface area contributed by atoms with Crippen LogP contribution < -0.4 is 5.32 Å². The normalized spacial score (nSPS) is 14.2. The molecule has 1 heterocycles. The maximum atomic E-state index is 9.56. The lowest BCUT2D eigenvalue weighted by Crippen LogP contribution is -2.22. The molecule has 1 aromatic carbocycles. The van der Waals surface area contributed by atoms with E-state index in [9.17, 15) is 10.2 Å². The van der Waals surface area contributed by atoms with Crippen molar-refractivity contribution < 1.29 is 10.2 Å². The molecule has 0 bridgehead atoms. The molecule has 0 radical (unpaired) electrons. The minimum atomic E-state index is 0.0441. The highest BCUT2D eigenvalue weighted by Gasteiger charge is 2.15. The van der Waals surface area contributed by atoms with Crippen LogP contribution in [0, 0.1) is 13.8 Å². The van der Waals surface area contributed by atoms with Crippen LogP contribution in [-0.2, 0) is 0 Å². The van der Waals surface area contributed by atoms with Crippen molar-refractivity contribution in [3.63, 3.8) is 0 Å². The molecule has 0 aliphatic rings. The molecule has 0 aliphatic carbocycles. The smallest absolute Gasteiger partial charge is 0.119 e. The van der Waals surface area contributed by atoms with Crippen LogP contribution in [-0.4, -0.2) is 10.2 Å². The summed E-state index contributed by atoms with van der Waals surface area (Å²) in [7, 11) is 0. The van der Waals surface area contributed by atoms with E-state index in [0.717, 1.165) is 5.56 Å². The summed E-state index contributed by atoms with van der Waals surface area (Å²) in [5.41, 5.74) is 2.18. The molecule has 0 saturated heterocycles. The molecule has 2 aromatic rings.